The van der Waals surface area contributed by atoms with Crippen molar-refractivity contribution in [3.05, 3.63) is 17.7 Å². The van der Waals surface area contributed by atoms with Gasteiger partial charge in [0.25, 0.3) is 0 Å². The van der Waals surface area contributed by atoms with Crippen LogP contribution in [0.4, 0.5) is 25.5 Å². The van der Waals surface area contributed by atoms with Gasteiger partial charge in [-0.3, -0.25) is 20.2 Å². The molecule has 2 unspecified atom stereocenters. The molecule has 5 amide bonds. The van der Waals surface area contributed by atoms with Crippen LogP contribution in [0.25, 0.3) is 11.0 Å². The number of benzene rings is 1. The number of halogens is 1. The maximum atomic E-state index is 15.8. The quantitative estimate of drug-likeness (QED) is 0.445. The van der Waals surface area contributed by atoms with E-state index in [0.29, 0.717) is 16.6 Å². The van der Waals surface area contributed by atoms with E-state index in [0.717, 1.165) is 0 Å². The van der Waals surface area contributed by atoms with Crippen LogP contribution in [0.1, 0.15) is 19.4 Å². The van der Waals surface area contributed by atoms with Crippen molar-refractivity contribution >= 4 is 46.4 Å². The van der Waals surface area contributed by atoms with Crippen molar-refractivity contribution in [2.45, 2.75) is 50.9 Å². The molecule has 196 valence electrons. The fourth-order valence-electron chi connectivity index (χ4n) is 6.00. The van der Waals surface area contributed by atoms with Gasteiger partial charge < -0.3 is 23.6 Å². The lowest BCUT2D eigenvalue weighted by Gasteiger charge is -2.56. The van der Waals surface area contributed by atoms with Crippen LogP contribution < -0.4 is 20.4 Å². The fourth-order valence-corrected chi connectivity index (χ4v) is 6.00. The van der Waals surface area contributed by atoms with E-state index in [1.54, 1.807) is 26.0 Å². The second kappa shape index (κ2) is 8.11. The Hall–Kier alpha value is -3.78. The number of anilines is 2. The standard InChI is InChI=1S/C23H24FN5O8/c1-9-16-23(19(30)25-21(32)26-20(23)31)6-11-4-13-15(5-14(11)29(16)17(24)10(2)36-9)37-27-18(13)28-12(7-34-3)8-35-22(28)33/h4-5,9-10,12,16-17H,6-8H2,1-3H3,(H2,25,26,30,31,32)/t9-,10+,12?,16+,17?/m0/s1. The summed E-state index contributed by atoms with van der Waals surface area (Å²) in [5.41, 5.74) is -0.755. The topological polar surface area (TPSA) is 153 Å². The normalized spacial score (nSPS) is 30.8. The van der Waals surface area contributed by atoms with Crippen LogP contribution in [-0.2, 0) is 30.2 Å². The Morgan fingerprint density at radius 2 is 1.89 bits per heavy atom. The number of rotatable bonds is 3. The van der Waals surface area contributed by atoms with Gasteiger partial charge >= 0.3 is 12.1 Å². The number of nitrogens with zero attached hydrogens (tertiary/aromatic N) is 3. The predicted molar refractivity (Wildman–Crippen MR) is 122 cm³/mol. The van der Waals surface area contributed by atoms with Gasteiger partial charge in [-0.1, -0.05) is 5.16 Å². The first kappa shape index (κ1) is 23.6. The number of imide groups is 2. The molecule has 1 spiro atoms. The molecule has 5 heterocycles. The highest BCUT2D eigenvalue weighted by Crippen LogP contribution is 2.50. The van der Waals surface area contributed by atoms with Gasteiger partial charge in [0.05, 0.1) is 30.2 Å². The number of aromatic nitrogens is 1. The van der Waals surface area contributed by atoms with E-state index in [9.17, 15) is 19.2 Å². The average Bonchev–Trinajstić information content (AvgIpc) is 3.41. The van der Waals surface area contributed by atoms with Crippen LogP contribution in [0.15, 0.2) is 16.7 Å². The molecule has 0 radical (unpaired) electrons. The van der Waals surface area contributed by atoms with Crippen molar-refractivity contribution in [2.24, 2.45) is 5.41 Å². The molecule has 3 fully saturated rings. The van der Waals surface area contributed by atoms with Gasteiger partial charge in [0.15, 0.2) is 23.1 Å². The van der Waals surface area contributed by atoms with Crippen LogP contribution in [0, 0.1) is 5.41 Å². The molecule has 13 nitrogen and oxygen atoms in total. The zero-order chi connectivity index (χ0) is 26.2. The van der Waals surface area contributed by atoms with Gasteiger partial charge in [-0.2, -0.15) is 0 Å². The first-order valence-electron chi connectivity index (χ1n) is 11.8. The van der Waals surface area contributed by atoms with Crippen LogP contribution in [-0.4, -0.2) is 80.0 Å². The molecule has 0 bridgehead atoms. The number of alkyl halides is 1. The van der Waals surface area contributed by atoms with E-state index in [1.165, 1.54) is 16.9 Å². The van der Waals surface area contributed by atoms with Crippen molar-refractivity contribution in [3.63, 3.8) is 0 Å². The van der Waals surface area contributed by atoms with Crippen LogP contribution in [0.2, 0.25) is 0 Å². The number of methoxy groups -OCH3 is 1. The maximum absolute atomic E-state index is 15.8. The van der Waals surface area contributed by atoms with Crippen molar-refractivity contribution in [1.29, 1.82) is 0 Å². The monoisotopic (exact) mass is 517 g/mol. The van der Waals surface area contributed by atoms with Crippen LogP contribution in [0.5, 0.6) is 0 Å². The summed E-state index contributed by atoms with van der Waals surface area (Å²) >= 11 is 0. The Labute approximate surface area is 209 Å². The first-order chi connectivity index (χ1) is 17.7. The third-order valence-corrected chi connectivity index (χ3v) is 7.54. The van der Waals surface area contributed by atoms with E-state index in [2.05, 4.69) is 15.8 Å². The summed E-state index contributed by atoms with van der Waals surface area (Å²) in [6.45, 7) is 3.50. The second-order valence-corrected chi connectivity index (χ2v) is 9.70. The molecule has 5 atom stereocenters. The second-order valence-electron chi connectivity index (χ2n) is 9.70. The summed E-state index contributed by atoms with van der Waals surface area (Å²) in [5.74, 6) is -1.51. The predicted octanol–water partition coefficient (Wildman–Crippen LogP) is 0.986. The number of morpholine rings is 1. The minimum atomic E-state index is -1.86. The number of fused-ring (bicyclic) bond motifs is 5. The van der Waals surface area contributed by atoms with E-state index in [1.807, 2.05) is 0 Å². The van der Waals surface area contributed by atoms with Gasteiger partial charge in [0, 0.05) is 18.9 Å². The molecule has 2 N–H and O–H groups in total. The van der Waals surface area contributed by atoms with E-state index in [-0.39, 0.29) is 31.0 Å². The number of carbonyl (C=O) groups excluding carboxylic acids is 4. The number of carbonyl (C=O) groups is 4. The lowest BCUT2D eigenvalue weighted by atomic mass is 9.66. The van der Waals surface area contributed by atoms with Crippen LogP contribution >= 0.6 is 0 Å². The van der Waals surface area contributed by atoms with E-state index < -0.39 is 59.9 Å². The highest BCUT2D eigenvalue weighted by Gasteiger charge is 2.64. The number of hydrogen-bond acceptors (Lipinski definition) is 10. The lowest BCUT2D eigenvalue weighted by Crippen LogP contribution is -2.76. The molecule has 0 saturated carbocycles. The Bertz CT molecular complexity index is 1330. The molecule has 4 aliphatic heterocycles. The van der Waals surface area contributed by atoms with Gasteiger partial charge in [-0.05, 0) is 31.9 Å². The molecular weight excluding hydrogens is 493 g/mol. The highest BCUT2D eigenvalue weighted by molar-refractivity contribution is 6.20. The Kier molecular flexibility index (Phi) is 5.18. The number of cyclic esters (lactones) is 1. The summed E-state index contributed by atoms with van der Waals surface area (Å²) in [7, 11) is 1.50. The minimum absolute atomic E-state index is 0.0955. The molecule has 3 saturated heterocycles. The summed E-state index contributed by atoms with van der Waals surface area (Å²) < 4.78 is 37.5. The number of amides is 5. The smallest absolute Gasteiger partial charge is 0.416 e. The molecule has 1 aromatic carbocycles. The van der Waals surface area contributed by atoms with Crippen molar-refractivity contribution in [1.82, 2.24) is 15.8 Å². The summed E-state index contributed by atoms with van der Waals surface area (Å²) in [5, 5.41) is 8.82. The van der Waals surface area contributed by atoms with Crippen molar-refractivity contribution in [3.8, 4) is 0 Å². The SMILES string of the molecule is COCC1COC(=O)N1c1noc2cc3c(cc12)CC1(C(=O)NC(=O)NC1=O)[C@H]1[C@H](C)O[C@H](C)C(F)N31. The maximum Gasteiger partial charge on any atom is 0.416 e. The first-order valence-corrected chi connectivity index (χ1v) is 11.8. The van der Waals surface area contributed by atoms with Crippen molar-refractivity contribution < 1.29 is 42.3 Å². The lowest BCUT2D eigenvalue weighted by molar-refractivity contribution is -0.159. The molecule has 37 heavy (non-hydrogen) atoms. The van der Waals surface area contributed by atoms with Gasteiger partial charge in [-0.15, -0.1) is 0 Å². The number of barbiturate groups is 1. The number of urea groups is 1. The Balaban J connectivity index is 1.54. The van der Waals surface area contributed by atoms with Gasteiger partial charge in [0.1, 0.15) is 12.7 Å². The summed E-state index contributed by atoms with van der Waals surface area (Å²) in [6.07, 6.45) is -4.11. The summed E-state index contributed by atoms with van der Waals surface area (Å²) in [6, 6.07) is 0.752. The number of ether oxygens (including phenoxy) is 3. The minimum Gasteiger partial charge on any atom is -0.447 e. The molecule has 14 heteroatoms. The molecular formula is C23H24FN5O8. The van der Waals surface area contributed by atoms with Gasteiger partial charge in [-0.25, -0.2) is 18.9 Å². The fraction of sp³-hybridized carbons (Fsp3) is 0.522. The van der Waals surface area contributed by atoms with Gasteiger partial charge in [0.2, 0.25) is 11.8 Å². The Morgan fingerprint density at radius 1 is 1.16 bits per heavy atom. The molecule has 2 aromatic rings. The van der Waals surface area contributed by atoms with Crippen molar-refractivity contribution in [2.75, 3.05) is 30.1 Å². The Morgan fingerprint density at radius 3 is 2.59 bits per heavy atom. The van der Waals surface area contributed by atoms with Crippen LogP contribution in [0.3, 0.4) is 0 Å². The molecule has 0 aliphatic carbocycles. The third kappa shape index (κ3) is 3.18. The summed E-state index contributed by atoms with van der Waals surface area (Å²) in [4.78, 5) is 53.7. The highest BCUT2D eigenvalue weighted by atomic mass is 19.1. The third-order valence-electron chi connectivity index (χ3n) is 7.54. The average molecular weight is 517 g/mol. The zero-order valence-corrected chi connectivity index (χ0v) is 20.1. The van der Waals surface area contributed by atoms with E-state index >= 15 is 4.39 Å². The molecule has 4 aliphatic rings. The molecule has 1 aromatic heterocycles. The van der Waals surface area contributed by atoms with E-state index in [4.69, 9.17) is 18.7 Å². The number of hydrogen-bond donors (Lipinski definition) is 2. The molecule has 6 rings (SSSR count). The largest absolute Gasteiger partial charge is 0.447 e. The zero-order valence-electron chi connectivity index (χ0n) is 20.1. The number of nitrogens with one attached hydrogen (secondary N) is 2.